The van der Waals surface area contributed by atoms with Gasteiger partial charge in [0.05, 0.1) is 5.25 Å². The van der Waals surface area contributed by atoms with Crippen LogP contribution in [-0.4, -0.2) is 27.9 Å². The molecule has 0 N–H and O–H groups in total. The molecule has 0 spiro atoms. The zero-order valence-corrected chi connectivity index (χ0v) is 14.7. The molecular formula is C17H21N3O2S. The van der Waals surface area contributed by atoms with Crippen LogP contribution < -0.4 is 4.90 Å². The number of amides is 1. The molecule has 0 unspecified atom stereocenters. The summed E-state index contributed by atoms with van der Waals surface area (Å²) in [6, 6.07) is 8.06. The number of hydrogen-bond acceptors (Lipinski definition) is 5. The van der Waals surface area contributed by atoms with E-state index in [1.54, 1.807) is 0 Å². The predicted molar refractivity (Wildman–Crippen MR) is 90.8 cm³/mol. The molecule has 1 aliphatic heterocycles. The number of para-hydroxylation sites is 1. The Hall–Kier alpha value is -1.82. The molecule has 23 heavy (non-hydrogen) atoms. The SMILES string of the molecule is C[C@H](Sc1nnc(C(C)(C)C)o1)C(=O)N1CCc2ccccc21. The zero-order valence-electron chi connectivity index (χ0n) is 13.9. The van der Waals surface area contributed by atoms with Crippen LogP contribution in [0.2, 0.25) is 0 Å². The summed E-state index contributed by atoms with van der Waals surface area (Å²) < 4.78 is 5.67. The highest BCUT2D eigenvalue weighted by Crippen LogP contribution is 2.32. The molecule has 0 saturated carbocycles. The summed E-state index contributed by atoms with van der Waals surface area (Å²) in [5, 5.41) is 8.30. The molecule has 0 radical (unpaired) electrons. The van der Waals surface area contributed by atoms with Crippen molar-refractivity contribution in [3.63, 3.8) is 0 Å². The average Bonchev–Trinajstić information content (AvgIpc) is 3.12. The zero-order chi connectivity index (χ0) is 16.6. The maximum Gasteiger partial charge on any atom is 0.277 e. The van der Waals surface area contributed by atoms with Crippen LogP contribution in [0.4, 0.5) is 5.69 Å². The number of thioether (sulfide) groups is 1. The first kappa shape index (κ1) is 16.1. The van der Waals surface area contributed by atoms with Crippen LogP contribution in [0, 0.1) is 0 Å². The Kier molecular flexibility index (Phi) is 4.19. The van der Waals surface area contributed by atoms with Crippen LogP contribution in [0.25, 0.3) is 0 Å². The van der Waals surface area contributed by atoms with E-state index in [2.05, 4.69) is 16.3 Å². The van der Waals surface area contributed by atoms with E-state index < -0.39 is 0 Å². The number of nitrogens with zero attached hydrogens (tertiary/aromatic N) is 3. The van der Waals surface area contributed by atoms with Crippen LogP contribution in [0.5, 0.6) is 0 Å². The number of carbonyl (C=O) groups is 1. The Labute approximate surface area is 140 Å². The van der Waals surface area contributed by atoms with Crippen molar-refractivity contribution >= 4 is 23.4 Å². The van der Waals surface area contributed by atoms with E-state index in [1.165, 1.54) is 17.3 Å². The molecule has 0 fully saturated rings. The average molecular weight is 331 g/mol. The molecule has 0 saturated heterocycles. The van der Waals surface area contributed by atoms with Gasteiger partial charge >= 0.3 is 0 Å². The van der Waals surface area contributed by atoms with Crippen molar-refractivity contribution in [2.45, 2.75) is 50.0 Å². The van der Waals surface area contributed by atoms with Gasteiger partial charge in [0.25, 0.3) is 5.22 Å². The summed E-state index contributed by atoms with van der Waals surface area (Å²) in [5.41, 5.74) is 2.06. The van der Waals surface area contributed by atoms with Gasteiger partial charge in [-0.05, 0) is 25.0 Å². The summed E-state index contributed by atoms with van der Waals surface area (Å²) in [6.07, 6.45) is 0.911. The standard InChI is InChI=1S/C17H21N3O2S/c1-11(23-16-19-18-15(22-16)17(2,3)4)14(21)20-10-9-12-7-5-6-8-13(12)20/h5-8,11H,9-10H2,1-4H3/t11-/m0/s1. The van der Waals surface area contributed by atoms with E-state index in [0.29, 0.717) is 11.1 Å². The monoisotopic (exact) mass is 331 g/mol. The number of anilines is 1. The van der Waals surface area contributed by atoms with Crippen molar-refractivity contribution in [3.05, 3.63) is 35.7 Å². The normalized spacial score (nSPS) is 15.6. The number of benzene rings is 1. The third kappa shape index (κ3) is 3.27. The fourth-order valence-corrected chi connectivity index (χ4v) is 3.29. The van der Waals surface area contributed by atoms with Gasteiger partial charge in [-0.25, -0.2) is 0 Å². The topological polar surface area (TPSA) is 59.2 Å². The lowest BCUT2D eigenvalue weighted by Gasteiger charge is -2.20. The van der Waals surface area contributed by atoms with Gasteiger partial charge in [0.2, 0.25) is 11.8 Å². The first-order chi connectivity index (χ1) is 10.9. The van der Waals surface area contributed by atoms with Crippen molar-refractivity contribution in [2.75, 3.05) is 11.4 Å². The molecule has 3 rings (SSSR count). The molecule has 1 aromatic heterocycles. The van der Waals surface area contributed by atoms with E-state index in [4.69, 9.17) is 4.42 Å². The summed E-state index contributed by atoms with van der Waals surface area (Å²) in [7, 11) is 0. The van der Waals surface area contributed by atoms with E-state index in [1.807, 2.05) is 50.8 Å². The molecule has 1 amide bonds. The Balaban J connectivity index is 1.70. The Morgan fingerprint density at radius 1 is 1.30 bits per heavy atom. The molecule has 1 aliphatic rings. The highest BCUT2D eigenvalue weighted by Gasteiger charge is 2.30. The van der Waals surface area contributed by atoms with Gasteiger partial charge in [0.15, 0.2) is 0 Å². The number of rotatable bonds is 3. The van der Waals surface area contributed by atoms with Crippen LogP contribution in [0.1, 0.15) is 39.1 Å². The number of aromatic nitrogens is 2. The van der Waals surface area contributed by atoms with Gasteiger partial charge in [0, 0.05) is 17.6 Å². The minimum atomic E-state index is -0.269. The quantitative estimate of drug-likeness (QED) is 0.806. The van der Waals surface area contributed by atoms with Gasteiger partial charge in [-0.3, -0.25) is 4.79 Å². The second kappa shape index (κ2) is 6.00. The van der Waals surface area contributed by atoms with Gasteiger partial charge in [-0.1, -0.05) is 50.7 Å². The van der Waals surface area contributed by atoms with Crippen molar-refractivity contribution in [1.82, 2.24) is 10.2 Å². The Morgan fingerprint density at radius 3 is 2.74 bits per heavy atom. The lowest BCUT2D eigenvalue weighted by Crippen LogP contribution is -2.35. The molecule has 0 aliphatic carbocycles. The molecule has 1 atom stereocenters. The van der Waals surface area contributed by atoms with Crippen LogP contribution in [-0.2, 0) is 16.6 Å². The lowest BCUT2D eigenvalue weighted by atomic mass is 9.97. The number of fused-ring (bicyclic) bond motifs is 1. The van der Waals surface area contributed by atoms with Crippen LogP contribution in [0.3, 0.4) is 0 Å². The molecule has 122 valence electrons. The maximum atomic E-state index is 12.7. The van der Waals surface area contributed by atoms with Gasteiger partial charge in [-0.2, -0.15) is 0 Å². The van der Waals surface area contributed by atoms with Crippen molar-refractivity contribution in [2.24, 2.45) is 0 Å². The van der Waals surface area contributed by atoms with E-state index in [9.17, 15) is 4.79 Å². The van der Waals surface area contributed by atoms with Gasteiger partial charge in [-0.15, -0.1) is 10.2 Å². The molecular weight excluding hydrogens is 310 g/mol. The first-order valence-electron chi connectivity index (χ1n) is 7.76. The highest BCUT2D eigenvalue weighted by atomic mass is 32.2. The number of hydrogen-bond donors (Lipinski definition) is 0. The summed E-state index contributed by atoms with van der Waals surface area (Å²) in [5.74, 6) is 0.668. The smallest absolute Gasteiger partial charge is 0.277 e. The summed E-state index contributed by atoms with van der Waals surface area (Å²) in [4.78, 5) is 14.6. The second-order valence-electron chi connectivity index (χ2n) is 6.75. The number of carbonyl (C=O) groups excluding carboxylic acids is 1. The van der Waals surface area contributed by atoms with Gasteiger partial charge in [0.1, 0.15) is 0 Å². The third-order valence-electron chi connectivity index (χ3n) is 3.83. The second-order valence-corrected chi connectivity index (χ2v) is 8.04. The van der Waals surface area contributed by atoms with Crippen LogP contribution in [0.15, 0.2) is 33.9 Å². The molecule has 2 aromatic rings. The molecule has 6 heteroatoms. The predicted octanol–water partition coefficient (Wildman–Crippen LogP) is 3.44. The molecule has 2 heterocycles. The Bertz CT molecular complexity index is 721. The van der Waals surface area contributed by atoms with E-state index >= 15 is 0 Å². The third-order valence-corrected chi connectivity index (χ3v) is 4.75. The Morgan fingerprint density at radius 2 is 2.04 bits per heavy atom. The fraction of sp³-hybridized carbons (Fsp3) is 0.471. The minimum absolute atomic E-state index is 0.0791. The maximum absolute atomic E-state index is 12.7. The molecule has 0 bridgehead atoms. The van der Waals surface area contributed by atoms with Gasteiger partial charge < -0.3 is 9.32 Å². The van der Waals surface area contributed by atoms with Crippen molar-refractivity contribution in [1.29, 1.82) is 0 Å². The summed E-state index contributed by atoms with van der Waals surface area (Å²) >= 11 is 1.32. The fourth-order valence-electron chi connectivity index (χ4n) is 2.55. The van der Waals surface area contributed by atoms with E-state index in [-0.39, 0.29) is 16.6 Å². The van der Waals surface area contributed by atoms with Crippen molar-refractivity contribution < 1.29 is 9.21 Å². The first-order valence-corrected chi connectivity index (χ1v) is 8.64. The minimum Gasteiger partial charge on any atom is -0.415 e. The van der Waals surface area contributed by atoms with E-state index in [0.717, 1.165) is 18.7 Å². The van der Waals surface area contributed by atoms with Crippen molar-refractivity contribution in [3.8, 4) is 0 Å². The summed E-state index contributed by atoms with van der Waals surface area (Å²) in [6.45, 7) is 8.68. The lowest BCUT2D eigenvalue weighted by molar-refractivity contribution is -0.117. The highest BCUT2D eigenvalue weighted by molar-refractivity contribution is 8.00. The molecule has 5 nitrogen and oxygen atoms in total. The largest absolute Gasteiger partial charge is 0.415 e. The van der Waals surface area contributed by atoms with Crippen LogP contribution >= 0.6 is 11.8 Å². The molecule has 1 aromatic carbocycles.